The number of carbonyl (C=O) groups is 1. The van der Waals surface area contributed by atoms with Crippen molar-refractivity contribution in [2.75, 3.05) is 6.16 Å². The summed E-state index contributed by atoms with van der Waals surface area (Å²) in [6.07, 6.45) is 6.44. The number of hydrogen-bond donors (Lipinski definition) is 1. The average Bonchev–Trinajstić information content (AvgIpc) is 2.92. The van der Waals surface area contributed by atoms with Gasteiger partial charge in [-0.3, -0.25) is 4.79 Å². The number of carboxylic acids is 1. The molecule has 0 spiro atoms. The molecule has 3 heteroatoms. The molecule has 0 atom stereocenters. The normalized spacial score (nSPS) is 11.3. The number of rotatable bonds is 12. The van der Waals surface area contributed by atoms with Crippen LogP contribution in [0.3, 0.4) is 0 Å². The molecule has 0 aliphatic heterocycles. The Bertz CT molecular complexity index is 1150. The molecule has 4 aromatic carbocycles. The molecule has 0 heterocycles. The van der Waals surface area contributed by atoms with Crippen molar-refractivity contribution >= 4 is 29.1 Å². The number of aliphatic carboxylic acids is 1. The minimum Gasteiger partial charge on any atom is -0.481 e. The standard InChI is InChI=1S/C32H33O2P/c33-32(34)25-13-2-1-3-16-26-35(28-19-9-5-10-20-28,29-21-11-6-12-22-29)31-24-15-14-23-30(31)27-17-7-4-8-18-27/h4-12,14-15,17-24H,1-3,13,16,25-26H2/p+1. The van der Waals surface area contributed by atoms with Crippen LogP contribution in [0.1, 0.15) is 38.5 Å². The van der Waals surface area contributed by atoms with E-state index in [-0.39, 0.29) is 6.42 Å². The monoisotopic (exact) mass is 481 g/mol. The van der Waals surface area contributed by atoms with Crippen LogP contribution in [0.2, 0.25) is 0 Å². The van der Waals surface area contributed by atoms with Crippen LogP contribution < -0.4 is 15.9 Å². The second-order valence-electron chi connectivity index (χ2n) is 9.00. The predicted octanol–water partition coefficient (Wildman–Crippen LogP) is 7.07. The molecule has 0 aliphatic carbocycles. The van der Waals surface area contributed by atoms with Crippen molar-refractivity contribution in [3.63, 3.8) is 0 Å². The van der Waals surface area contributed by atoms with Crippen LogP contribution in [-0.2, 0) is 4.79 Å². The third-order valence-corrected chi connectivity index (χ3v) is 11.2. The lowest BCUT2D eigenvalue weighted by Gasteiger charge is -2.29. The predicted molar refractivity (Wildman–Crippen MR) is 151 cm³/mol. The van der Waals surface area contributed by atoms with Gasteiger partial charge in [0.2, 0.25) is 0 Å². The van der Waals surface area contributed by atoms with E-state index in [1.54, 1.807) is 0 Å². The van der Waals surface area contributed by atoms with Crippen LogP contribution in [0, 0.1) is 0 Å². The van der Waals surface area contributed by atoms with Crippen LogP contribution in [0.4, 0.5) is 0 Å². The number of benzene rings is 4. The fourth-order valence-corrected chi connectivity index (χ4v) is 9.62. The highest BCUT2D eigenvalue weighted by atomic mass is 31.2. The van der Waals surface area contributed by atoms with Crippen molar-refractivity contribution in [3.8, 4) is 11.1 Å². The Morgan fingerprint density at radius 2 is 1.06 bits per heavy atom. The second kappa shape index (κ2) is 12.5. The van der Waals surface area contributed by atoms with E-state index < -0.39 is 13.2 Å². The fraction of sp³-hybridized carbons (Fsp3) is 0.219. The summed E-state index contributed by atoms with van der Waals surface area (Å²) in [5, 5.41) is 13.2. The van der Waals surface area contributed by atoms with Crippen molar-refractivity contribution in [2.24, 2.45) is 0 Å². The van der Waals surface area contributed by atoms with E-state index in [4.69, 9.17) is 5.11 Å². The smallest absolute Gasteiger partial charge is 0.303 e. The van der Waals surface area contributed by atoms with E-state index in [9.17, 15) is 4.79 Å². The van der Waals surface area contributed by atoms with E-state index in [1.807, 2.05) is 0 Å². The molecule has 1 N–H and O–H groups in total. The Balaban J connectivity index is 1.76. The quantitative estimate of drug-likeness (QED) is 0.174. The van der Waals surface area contributed by atoms with Crippen molar-refractivity contribution in [1.29, 1.82) is 0 Å². The van der Waals surface area contributed by atoms with E-state index in [0.29, 0.717) is 0 Å². The molecule has 2 nitrogen and oxygen atoms in total. The molecule has 178 valence electrons. The summed E-state index contributed by atoms with van der Waals surface area (Å²) in [6.45, 7) is 0. The van der Waals surface area contributed by atoms with Gasteiger partial charge in [-0.2, -0.15) is 0 Å². The molecule has 4 rings (SSSR count). The van der Waals surface area contributed by atoms with Crippen LogP contribution in [0.25, 0.3) is 11.1 Å². The molecule has 0 radical (unpaired) electrons. The Morgan fingerprint density at radius 3 is 1.66 bits per heavy atom. The van der Waals surface area contributed by atoms with Gasteiger partial charge >= 0.3 is 5.97 Å². The first kappa shape index (κ1) is 24.9. The van der Waals surface area contributed by atoms with Crippen molar-refractivity contribution in [1.82, 2.24) is 0 Å². The molecule has 0 saturated heterocycles. The Labute approximate surface area is 210 Å². The van der Waals surface area contributed by atoms with E-state index in [1.165, 1.54) is 27.0 Å². The van der Waals surface area contributed by atoms with Gasteiger partial charge in [0.1, 0.15) is 23.2 Å². The highest BCUT2D eigenvalue weighted by Gasteiger charge is 2.46. The zero-order valence-corrected chi connectivity index (χ0v) is 21.1. The Morgan fingerprint density at radius 1 is 0.571 bits per heavy atom. The summed E-state index contributed by atoms with van der Waals surface area (Å²) in [5.74, 6) is -0.694. The van der Waals surface area contributed by atoms with Gasteiger partial charge in [0.25, 0.3) is 0 Å². The third kappa shape index (κ3) is 6.08. The molecule has 4 aromatic rings. The molecular weight excluding hydrogens is 447 g/mol. The van der Waals surface area contributed by atoms with E-state index >= 15 is 0 Å². The first-order valence-electron chi connectivity index (χ1n) is 12.6. The molecule has 0 saturated carbocycles. The topological polar surface area (TPSA) is 37.3 Å². The first-order chi connectivity index (χ1) is 17.2. The largest absolute Gasteiger partial charge is 0.481 e. The molecular formula is C32H34O2P+. The molecule has 0 bridgehead atoms. The lowest BCUT2D eigenvalue weighted by atomic mass is 10.1. The maximum Gasteiger partial charge on any atom is 0.303 e. The van der Waals surface area contributed by atoms with Gasteiger partial charge in [-0.15, -0.1) is 0 Å². The number of carboxylic acid groups (broad SMARTS) is 1. The van der Waals surface area contributed by atoms with Crippen LogP contribution >= 0.6 is 7.26 Å². The molecule has 0 aliphatic rings. The van der Waals surface area contributed by atoms with Crippen molar-refractivity contribution in [3.05, 3.63) is 115 Å². The van der Waals surface area contributed by atoms with E-state index in [0.717, 1.165) is 38.3 Å². The Hall–Kier alpha value is -3.22. The SMILES string of the molecule is O=C(O)CCCCCCC[P+](c1ccccc1)(c1ccccc1)c1ccccc1-c1ccccc1. The van der Waals surface area contributed by atoms with Crippen LogP contribution in [0.15, 0.2) is 115 Å². The maximum atomic E-state index is 10.8. The zero-order valence-electron chi connectivity index (χ0n) is 20.2. The summed E-state index contributed by atoms with van der Waals surface area (Å²) < 4.78 is 0. The van der Waals surface area contributed by atoms with Gasteiger partial charge in [-0.25, -0.2) is 0 Å². The lowest BCUT2D eigenvalue weighted by Crippen LogP contribution is -2.34. The van der Waals surface area contributed by atoms with Crippen LogP contribution in [0.5, 0.6) is 0 Å². The first-order valence-corrected chi connectivity index (χ1v) is 14.6. The summed E-state index contributed by atoms with van der Waals surface area (Å²) in [6, 6.07) is 41.9. The summed E-state index contributed by atoms with van der Waals surface area (Å²) in [4.78, 5) is 10.8. The van der Waals surface area contributed by atoms with Gasteiger partial charge in [0.15, 0.2) is 0 Å². The van der Waals surface area contributed by atoms with Gasteiger partial charge < -0.3 is 5.11 Å². The average molecular weight is 482 g/mol. The zero-order chi connectivity index (χ0) is 24.3. The van der Waals surface area contributed by atoms with Gasteiger partial charge in [-0.05, 0) is 55.2 Å². The summed E-state index contributed by atoms with van der Waals surface area (Å²) in [7, 11) is -1.92. The minimum atomic E-state index is -1.92. The second-order valence-corrected chi connectivity index (χ2v) is 12.6. The molecule has 35 heavy (non-hydrogen) atoms. The van der Waals surface area contributed by atoms with Crippen molar-refractivity contribution in [2.45, 2.75) is 38.5 Å². The molecule has 0 unspecified atom stereocenters. The molecule has 0 amide bonds. The van der Waals surface area contributed by atoms with E-state index in [2.05, 4.69) is 115 Å². The molecule has 0 aromatic heterocycles. The fourth-order valence-electron chi connectivity index (χ4n) is 4.99. The highest BCUT2D eigenvalue weighted by molar-refractivity contribution is 7.95. The summed E-state index contributed by atoms with van der Waals surface area (Å²) >= 11 is 0. The summed E-state index contributed by atoms with van der Waals surface area (Å²) in [5.41, 5.74) is 2.57. The van der Waals surface area contributed by atoms with Gasteiger partial charge in [0, 0.05) is 12.0 Å². The minimum absolute atomic E-state index is 0.273. The van der Waals surface area contributed by atoms with Gasteiger partial charge in [0.05, 0.1) is 6.16 Å². The van der Waals surface area contributed by atoms with Crippen molar-refractivity contribution < 1.29 is 9.90 Å². The number of unbranched alkanes of at least 4 members (excludes halogenated alkanes) is 4. The van der Waals surface area contributed by atoms with Gasteiger partial charge in [-0.1, -0.05) is 97.8 Å². The Kier molecular flexibility index (Phi) is 8.87. The number of hydrogen-bond acceptors (Lipinski definition) is 1. The molecule has 0 fully saturated rings. The lowest BCUT2D eigenvalue weighted by molar-refractivity contribution is -0.137. The van der Waals surface area contributed by atoms with Crippen LogP contribution in [-0.4, -0.2) is 17.2 Å². The maximum absolute atomic E-state index is 10.8. The highest BCUT2D eigenvalue weighted by Crippen LogP contribution is 2.57. The third-order valence-electron chi connectivity index (χ3n) is 6.68.